The number of aliphatic hydroxyl groups is 5. The predicted molar refractivity (Wildman–Crippen MR) is 210 cm³/mol. The number of nitrogens with zero attached hydrogens (tertiary/aromatic N) is 2. The lowest BCUT2D eigenvalue weighted by Gasteiger charge is -2.49. The highest BCUT2D eigenvalue weighted by Crippen LogP contribution is 2.41. The highest BCUT2D eigenvalue weighted by molar-refractivity contribution is 5.73. The molecule has 16 nitrogen and oxygen atoms in total. The van der Waals surface area contributed by atoms with Gasteiger partial charge in [-0.25, -0.2) is 4.79 Å². The fraction of sp³-hybridized carbons (Fsp3) is 0.951. The van der Waals surface area contributed by atoms with E-state index >= 15 is 0 Å². The van der Waals surface area contributed by atoms with Gasteiger partial charge < -0.3 is 68.5 Å². The van der Waals surface area contributed by atoms with Crippen LogP contribution in [-0.2, 0) is 42.7 Å². The molecule has 0 saturated carbocycles. The number of hydrogen-bond donors (Lipinski definition) is 5. The van der Waals surface area contributed by atoms with Crippen molar-refractivity contribution in [2.24, 2.45) is 17.8 Å². The van der Waals surface area contributed by atoms with E-state index in [9.17, 15) is 35.1 Å². The first-order valence-electron chi connectivity index (χ1n) is 20.7. The average Bonchev–Trinajstić information content (AvgIpc) is 3.14. The second-order valence-corrected chi connectivity index (χ2v) is 18.0. The quantitative estimate of drug-likeness (QED) is 0.200. The van der Waals surface area contributed by atoms with Crippen LogP contribution in [-0.4, -0.2) is 179 Å². The lowest BCUT2D eigenvalue weighted by molar-refractivity contribution is -0.320. The normalized spacial score (nSPS) is 46.2. The van der Waals surface area contributed by atoms with Gasteiger partial charge in [0.05, 0.1) is 47.6 Å². The van der Waals surface area contributed by atoms with E-state index in [0.717, 1.165) is 0 Å². The Morgan fingerprint density at radius 3 is 2.12 bits per heavy atom. The number of aliphatic hydroxyl groups excluding tert-OH is 3. The highest BCUT2D eigenvalue weighted by Gasteiger charge is 2.53. The molecule has 3 aliphatic rings. The Morgan fingerprint density at radius 1 is 0.947 bits per heavy atom. The third-order valence-corrected chi connectivity index (χ3v) is 12.8. The monoisotopic (exact) mass is 821 g/mol. The zero-order valence-electron chi connectivity index (χ0n) is 36.9. The van der Waals surface area contributed by atoms with E-state index in [1.165, 1.54) is 14.0 Å². The minimum Gasteiger partial charge on any atom is -0.459 e. The molecule has 3 saturated heterocycles. The molecule has 3 aliphatic heterocycles. The lowest BCUT2D eigenvalue weighted by atomic mass is 9.77. The van der Waals surface area contributed by atoms with Gasteiger partial charge >= 0.3 is 11.9 Å². The summed E-state index contributed by atoms with van der Waals surface area (Å²) in [5.74, 6) is -3.70. The van der Waals surface area contributed by atoms with Crippen molar-refractivity contribution in [3.63, 3.8) is 0 Å². The van der Waals surface area contributed by atoms with Crippen molar-refractivity contribution in [3.05, 3.63) is 0 Å². The van der Waals surface area contributed by atoms with Crippen LogP contribution in [0.3, 0.4) is 0 Å². The van der Waals surface area contributed by atoms with Gasteiger partial charge in [-0.15, -0.1) is 0 Å². The summed E-state index contributed by atoms with van der Waals surface area (Å²) >= 11 is 0. The number of esters is 2. The second kappa shape index (κ2) is 20.3. The van der Waals surface area contributed by atoms with Crippen LogP contribution in [0.4, 0.5) is 0 Å². The van der Waals surface area contributed by atoms with Gasteiger partial charge in [0, 0.05) is 32.0 Å². The molecule has 0 aromatic heterocycles. The molecule has 5 N–H and O–H groups in total. The number of carbonyl (C=O) groups is 2. The Balaban J connectivity index is 2.25. The largest absolute Gasteiger partial charge is 0.459 e. The fourth-order valence-electron chi connectivity index (χ4n) is 9.21. The maximum absolute atomic E-state index is 14.4. The first-order valence-corrected chi connectivity index (χ1v) is 20.7. The lowest BCUT2D eigenvalue weighted by Crippen LogP contribution is -2.61. The van der Waals surface area contributed by atoms with Gasteiger partial charge in [0.15, 0.2) is 18.7 Å². The molecule has 3 heterocycles. The summed E-state index contributed by atoms with van der Waals surface area (Å²) in [4.78, 5) is 30.8. The minimum absolute atomic E-state index is 0.0980. The number of rotatable bonds is 10. The third-order valence-electron chi connectivity index (χ3n) is 12.8. The van der Waals surface area contributed by atoms with Crippen molar-refractivity contribution < 1.29 is 68.3 Å². The number of hydrogen-bond acceptors (Lipinski definition) is 16. The number of ether oxygens (including phenoxy) is 7. The van der Waals surface area contributed by atoms with Crippen LogP contribution in [0.15, 0.2) is 0 Å². The van der Waals surface area contributed by atoms with Gasteiger partial charge in [-0.1, -0.05) is 27.7 Å². The molecule has 16 heteroatoms. The van der Waals surface area contributed by atoms with Crippen molar-refractivity contribution in [1.82, 2.24) is 9.80 Å². The van der Waals surface area contributed by atoms with Crippen LogP contribution >= 0.6 is 0 Å². The number of likely N-dealkylation sites (N-methyl/N-ethyl adjacent to an activating group) is 2. The van der Waals surface area contributed by atoms with Crippen molar-refractivity contribution >= 4 is 11.9 Å². The molecule has 0 radical (unpaired) electrons. The molecule has 57 heavy (non-hydrogen) atoms. The number of cyclic esters (lactones) is 1. The van der Waals surface area contributed by atoms with Crippen LogP contribution in [0.5, 0.6) is 0 Å². The molecule has 0 aromatic rings. The molecule has 334 valence electrons. The van der Waals surface area contributed by atoms with Crippen molar-refractivity contribution in [3.8, 4) is 0 Å². The molecule has 3 fully saturated rings. The SMILES string of the molecule is CC[C@@H]1O[C@@H](O[C@H]2[C@H](C)[C@@H](O[C@@H]3O[C@H](C)C[C@H](N(C)C)[C@H]3OC(=O)CO)[C@](C)(O)C[C@@H](C)CN(C)[C@H](C)[C@@H](O)[C@](C)(O)[C@@H](CC)OC(=O)[C@@H]2C)C[C@@](C)(OC)[C@H]1O. The average molecular weight is 821 g/mol. The van der Waals surface area contributed by atoms with Gasteiger partial charge in [-0.3, -0.25) is 4.79 Å². The van der Waals surface area contributed by atoms with Crippen LogP contribution in [0.25, 0.3) is 0 Å². The van der Waals surface area contributed by atoms with E-state index in [1.807, 2.05) is 51.7 Å². The Kier molecular flexibility index (Phi) is 17.8. The van der Waals surface area contributed by atoms with E-state index < -0.39 is 109 Å². The number of carbonyl (C=O) groups excluding carboxylic acids is 2. The Bertz CT molecular complexity index is 1290. The molecular weight excluding hydrogens is 744 g/mol. The number of methoxy groups -OCH3 is 1. The van der Waals surface area contributed by atoms with E-state index in [2.05, 4.69) is 0 Å². The van der Waals surface area contributed by atoms with Gasteiger partial charge in [-0.05, 0) is 94.3 Å². The smallest absolute Gasteiger partial charge is 0.332 e. The Labute approximate surface area is 340 Å². The van der Waals surface area contributed by atoms with Crippen molar-refractivity contribution in [1.29, 1.82) is 0 Å². The van der Waals surface area contributed by atoms with E-state index in [1.54, 1.807) is 41.5 Å². The van der Waals surface area contributed by atoms with Crippen LogP contribution in [0.2, 0.25) is 0 Å². The zero-order valence-corrected chi connectivity index (χ0v) is 36.9. The maximum atomic E-state index is 14.4. The summed E-state index contributed by atoms with van der Waals surface area (Å²) in [6, 6.07) is -0.955. The summed E-state index contributed by atoms with van der Waals surface area (Å²) in [6.07, 6.45) is -8.45. The van der Waals surface area contributed by atoms with E-state index in [4.69, 9.17) is 33.2 Å². The standard InChI is InChI=1S/C41H76N2O14/c1-15-28-35(47)40(9,51-14)19-31(53-28)56-32-24(5)36(57-38-33(55-30(45)21-44)27(42(11)12)17-23(4)52-38)39(8,49)18-22(3)20-43(13)26(7)34(46)41(10,50)29(16-2)54-37(48)25(32)6/h22-29,31-36,38,44,46-47,49-50H,15-21H2,1-14H3/t22-,23-,24+,25-,26-,27+,28+,29-,31+,32+,33-,34-,35+,36-,38+,39-,40-,41-/m1/s1. The predicted octanol–water partition coefficient (Wildman–Crippen LogP) is 1.83. The van der Waals surface area contributed by atoms with Crippen LogP contribution < -0.4 is 0 Å². The third kappa shape index (κ3) is 11.6. The summed E-state index contributed by atoms with van der Waals surface area (Å²) in [5.41, 5.74) is -4.55. The fourth-order valence-corrected chi connectivity index (χ4v) is 9.21. The van der Waals surface area contributed by atoms with E-state index in [-0.39, 0.29) is 37.3 Å². The second-order valence-electron chi connectivity index (χ2n) is 18.0. The summed E-state index contributed by atoms with van der Waals surface area (Å²) in [6.45, 7) is 17.1. The molecule has 0 unspecified atom stereocenters. The summed E-state index contributed by atoms with van der Waals surface area (Å²) in [5, 5.41) is 56.9. The van der Waals surface area contributed by atoms with Crippen molar-refractivity contribution in [2.75, 3.05) is 41.4 Å². The minimum atomic E-state index is -1.84. The topological polar surface area (TPSA) is 206 Å². The molecule has 0 bridgehead atoms. The van der Waals surface area contributed by atoms with Crippen molar-refractivity contribution in [2.45, 2.75) is 192 Å². The summed E-state index contributed by atoms with van der Waals surface area (Å²) < 4.78 is 44.0. The van der Waals surface area contributed by atoms with Gasteiger partial charge in [-0.2, -0.15) is 0 Å². The molecule has 0 amide bonds. The van der Waals surface area contributed by atoms with Gasteiger partial charge in [0.2, 0.25) is 0 Å². The molecular formula is C41H76N2O14. The van der Waals surface area contributed by atoms with E-state index in [0.29, 0.717) is 19.4 Å². The first-order chi connectivity index (χ1) is 26.4. The zero-order chi connectivity index (χ0) is 43.4. The molecule has 3 rings (SSSR count). The van der Waals surface area contributed by atoms with Gasteiger partial charge in [0.1, 0.15) is 30.5 Å². The highest BCUT2D eigenvalue weighted by atomic mass is 16.7. The van der Waals surface area contributed by atoms with Crippen LogP contribution in [0.1, 0.15) is 101 Å². The maximum Gasteiger partial charge on any atom is 0.332 e. The molecule has 0 aliphatic carbocycles. The molecule has 0 spiro atoms. The summed E-state index contributed by atoms with van der Waals surface area (Å²) in [7, 11) is 7.01. The van der Waals surface area contributed by atoms with Crippen LogP contribution in [0, 0.1) is 17.8 Å². The van der Waals surface area contributed by atoms with Gasteiger partial charge in [0.25, 0.3) is 0 Å². The molecule has 0 aromatic carbocycles. The Hall–Kier alpha value is -1.54. The molecule has 18 atom stereocenters. The Morgan fingerprint density at radius 2 is 1.58 bits per heavy atom. The first kappa shape index (κ1) is 49.8.